The smallest absolute Gasteiger partial charge is 0.156 e. The lowest BCUT2D eigenvalue weighted by atomic mass is 10.2. The molecule has 1 aromatic rings. The van der Waals surface area contributed by atoms with Crippen LogP contribution in [0.15, 0.2) is 77.3 Å². The third-order valence-electron chi connectivity index (χ3n) is 2.28. The largest absolute Gasteiger partial charge is 0.383 e. The molecule has 0 aromatic heterocycles. The van der Waals surface area contributed by atoms with Gasteiger partial charge in [0.25, 0.3) is 0 Å². The Bertz CT molecular complexity index is 508. The number of aliphatic imine (C=N–C) groups is 2. The molecule has 0 radical (unpaired) electrons. The van der Waals surface area contributed by atoms with Gasteiger partial charge < -0.3 is 5.73 Å². The summed E-state index contributed by atoms with van der Waals surface area (Å²) in [4.78, 5) is 8.45. The maximum atomic E-state index is 5.91. The van der Waals surface area contributed by atoms with Gasteiger partial charge in [-0.05, 0) is 0 Å². The van der Waals surface area contributed by atoms with E-state index in [1.165, 1.54) is 0 Å². The van der Waals surface area contributed by atoms with E-state index >= 15 is 0 Å². The van der Waals surface area contributed by atoms with Crippen LogP contribution in [0, 0.1) is 0 Å². The molecule has 0 saturated heterocycles. The van der Waals surface area contributed by atoms with Crippen molar-refractivity contribution >= 4 is 11.7 Å². The second-order valence-electron chi connectivity index (χ2n) is 3.47. The van der Waals surface area contributed by atoms with E-state index in [1.54, 1.807) is 25.3 Å². The number of benzene rings is 1. The Labute approximate surface area is 122 Å². The molecule has 0 spiro atoms. The highest BCUT2D eigenvalue weighted by Gasteiger charge is 2.03. The Morgan fingerprint density at radius 2 is 1.75 bits per heavy atom. The SMILES string of the molecule is C=C/C=C(\C=C)C(N)=NC(=NC)c1ccccc1.CC. The number of rotatable bonds is 4. The molecule has 1 rings (SSSR count). The molecular weight excluding hydrogens is 246 g/mol. The molecule has 20 heavy (non-hydrogen) atoms. The molecule has 0 aliphatic heterocycles. The Morgan fingerprint density at radius 3 is 2.20 bits per heavy atom. The van der Waals surface area contributed by atoms with Crippen molar-refractivity contribution in [2.24, 2.45) is 15.7 Å². The minimum absolute atomic E-state index is 0.370. The van der Waals surface area contributed by atoms with Gasteiger partial charge in [0.2, 0.25) is 0 Å². The minimum atomic E-state index is 0.370. The molecule has 106 valence electrons. The number of allylic oxidation sites excluding steroid dienone is 2. The third kappa shape index (κ3) is 5.48. The van der Waals surface area contributed by atoms with Crippen LogP contribution in [0.4, 0.5) is 0 Å². The summed E-state index contributed by atoms with van der Waals surface area (Å²) in [5.74, 6) is 0.958. The summed E-state index contributed by atoms with van der Waals surface area (Å²) in [7, 11) is 1.68. The van der Waals surface area contributed by atoms with E-state index in [2.05, 4.69) is 23.1 Å². The van der Waals surface area contributed by atoms with E-state index < -0.39 is 0 Å². The molecule has 0 heterocycles. The van der Waals surface area contributed by atoms with Crippen molar-refractivity contribution in [2.45, 2.75) is 13.8 Å². The Hall–Kier alpha value is -2.42. The highest BCUT2D eigenvalue weighted by Crippen LogP contribution is 2.04. The molecule has 1 aromatic carbocycles. The average Bonchev–Trinajstić information content (AvgIpc) is 2.52. The van der Waals surface area contributed by atoms with Crippen molar-refractivity contribution < 1.29 is 0 Å². The van der Waals surface area contributed by atoms with Crippen LogP contribution in [0.3, 0.4) is 0 Å². The first-order valence-electron chi connectivity index (χ1n) is 6.54. The second kappa shape index (κ2) is 10.5. The topological polar surface area (TPSA) is 50.7 Å². The molecule has 0 unspecified atom stereocenters. The maximum absolute atomic E-state index is 5.91. The van der Waals surface area contributed by atoms with Crippen LogP contribution < -0.4 is 5.73 Å². The van der Waals surface area contributed by atoms with Gasteiger partial charge in [0, 0.05) is 18.2 Å². The van der Waals surface area contributed by atoms with E-state index in [0.29, 0.717) is 11.7 Å². The summed E-state index contributed by atoms with van der Waals surface area (Å²) >= 11 is 0. The molecule has 0 fully saturated rings. The number of hydrogen-bond donors (Lipinski definition) is 1. The first-order chi connectivity index (χ1) is 9.72. The fraction of sp³-hybridized carbons (Fsp3) is 0.176. The van der Waals surface area contributed by atoms with Crippen molar-refractivity contribution in [3.05, 3.63) is 72.9 Å². The summed E-state index contributed by atoms with van der Waals surface area (Å²) in [6, 6.07) is 9.67. The average molecular weight is 269 g/mol. The van der Waals surface area contributed by atoms with E-state index in [0.717, 1.165) is 11.1 Å². The summed E-state index contributed by atoms with van der Waals surface area (Å²) < 4.78 is 0. The van der Waals surface area contributed by atoms with Crippen LogP contribution in [-0.2, 0) is 0 Å². The summed E-state index contributed by atoms with van der Waals surface area (Å²) in [5.41, 5.74) is 7.56. The monoisotopic (exact) mass is 269 g/mol. The number of hydrogen-bond acceptors (Lipinski definition) is 1. The molecule has 0 aliphatic carbocycles. The van der Waals surface area contributed by atoms with Crippen molar-refractivity contribution in [2.75, 3.05) is 7.05 Å². The van der Waals surface area contributed by atoms with Crippen molar-refractivity contribution in [1.29, 1.82) is 0 Å². The van der Waals surface area contributed by atoms with Gasteiger partial charge >= 0.3 is 0 Å². The molecular formula is C17H23N3. The predicted molar refractivity (Wildman–Crippen MR) is 90.4 cm³/mol. The van der Waals surface area contributed by atoms with Gasteiger partial charge in [-0.25, -0.2) is 4.99 Å². The van der Waals surface area contributed by atoms with Gasteiger partial charge in [0.1, 0.15) is 5.84 Å². The zero-order valence-electron chi connectivity index (χ0n) is 12.5. The lowest BCUT2D eigenvalue weighted by Gasteiger charge is -2.03. The van der Waals surface area contributed by atoms with Gasteiger partial charge in [-0.2, -0.15) is 0 Å². The molecule has 3 heteroatoms. The van der Waals surface area contributed by atoms with E-state index in [-0.39, 0.29) is 0 Å². The van der Waals surface area contributed by atoms with Crippen LogP contribution >= 0.6 is 0 Å². The zero-order chi connectivity index (χ0) is 15.4. The first-order valence-corrected chi connectivity index (χ1v) is 6.54. The van der Waals surface area contributed by atoms with Crippen molar-refractivity contribution in [3.8, 4) is 0 Å². The van der Waals surface area contributed by atoms with Gasteiger partial charge in [-0.3, -0.25) is 4.99 Å². The summed E-state index contributed by atoms with van der Waals surface area (Å²) in [6.45, 7) is 11.3. The normalized spacial score (nSPS) is 12.2. The molecule has 2 N–H and O–H groups in total. The molecule has 0 bridgehead atoms. The van der Waals surface area contributed by atoms with Crippen LogP contribution in [0.25, 0.3) is 0 Å². The van der Waals surface area contributed by atoms with E-state index in [9.17, 15) is 0 Å². The lowest BCUT2D eigenvalue weighted by Crippen LogP contribution is -2.16. The number of nitrogens with two attached hydrogens (primary N) is 1. The fourth-order valence-electron chi connectivity index (χ4n) is 1.39. The van der Waals surface area contributed by atoms with Crippen molar-refractivity contribution in [1.82, 2.24) is 0 Å². The summed E-state index contributed by atoms with van der Waals surface area (Å²) in [5, 5.41) is 0. The van der Waals surface area contributed by atoms with Crippen LogP contribution in [-0.4, -0.2) is 18.7 Å². The molecule has 0 aliphatic rings. The Balaban J connectivity index is 0.00000172. The van der Waals surface area contributed by atoms with E-state index in [1.807, 2.05) is 44.2 Å². The maximum Gasteiger partial charge on any atom is 0.156 e. The van der Waals surface area contributed by atoms with Gasteiger partial charge in [-0.15, -0.1) is 0 Å². The van der Waals surface area contributed by atoms with Gasteiger partial charge in [0.15, 0.2) is 5.84 Å². The number of amidine groups is 2. The molecule has 0 amide bonds. The zero-order valence-corrected chi connectivity index (χ0v) is 12.5. The standard InChI is InChI=1S/C15H17N3.C2H6/c1-4-9-12(5-2)14(16)18-15(17-3)13-10-7-6-8-11-13;1-2/h4-11H,1-2H2,3H3,(H2,16,17,18);1-2H3/b12-9+;. The van der Waals surface area contributed by atoms with Crippen LogP contribution in [0.2, 0.25) is 0 Å². The van der Waals surface area contributed by atoms with Gasteiger partial charge in [0.05, 0.1) is 0 Å². The summed E-state index contributed by atoms with van der Waals surface area (Å²) in [6.07, 6.45) is 5.04. The van der Waals surface area contributed by atoms with Crippen LogP contribution in [0.5, 0.6) is 0 Å². The van der Waals surface area contributed by atoms with Crippen LogP contribution in [0.1, 0.15) is 19.4 Å². The predicted octanol–water partition coefficient (Wildman–Crippen LogP) is 3.74. The number of nitrogens with zero attached hydrogens (tertiary/aromatic N) is 2. The minimum Gasteiger partial charge on any atom is -0.383 e. The molecule has 0 saturated carbocycles. The molecule has 0 atom stereocenters. The first kappa shape index (κ1) is 17.6. The van der Waals surface area contributed by atoms with E-state index in [4.69, 9.17) is 5.73 Å². The quantitative estimate of drug-likeness (QED) is 0.505. The van der Waals surface area contributed by atoms with Gasteiger partial charge in [-0.1, -0.05) is 75.6 Å². The highest BCUT2D eigenvalue weighted by molar-refractivity contribution is 6.11. The third-order valence-corrected chi connectivity index (χ3v) is 2.28. The lowest BCUT2D eigenvalue weighted by molar-refractivity contribution is 1.37. The van der Waals surface area contributed by atoms with Crippen molar-refractivity contribution in [3.63, 3.8) is 0 Å². The Kier molecular flexibility index (Phi) is 9.23. The highest BCUT2D eigenvalue weighted by atomic mass is 15.0. The second-order valence-corrected chi connectivity index (χ2v) is 3.47. The fourth-order valence-corrected chi connectivity index (χ4v) is 1.39. The Morgan fingerprint density at radius 1 is 1.15 bits per heavy atom. The molecule has 3 nitrogen and oxygen atoms in total.